The molecule has 0 saturated carbocycles. The van der Waals surface area contributed by atoms with Gasteiger partial charge in [0.05, 0.1) is 24.4 Å². The molecular weight excluding hydrogens is 547 g/mol. The number of hydrogen-bond donors (Lipinski definition) is 1. The number of amides is 2. The van der Waals surface area contributed by atoms with Crippen LogP contribution in [-0.2, 0) is 39.3 Å². The van der Waals surface area contributed by atoms with E-state index in [0.717, 1.165) is 12.0 Å². The van der Waals surface area contributed by atoms with Crippen LogP contribution in [0.25, 0.3) is 0 Å². The molecule has 2 bridgehead atoms. The molecule has 5 atom stereocenters. The van der Waals surface area contributed by atoms with E-state index in [2.05, 4.69) is 10.1 Å². The lowest BCUT2D eigenvalue weighted by Crippen LogP contribution is -2.58. The molecule has 2 aliphatic rings. The van der Waals surface area contributed by atoms with Gasteiger partial charge < -0.3 is 28.7 Å². The highest BCUT2D eigenvalue weighted by Crippen LogP contribution is 2.52. The molecule has 0 radical (unpaired) electrons. The largest absolute Gasteiger partial charge is 0.469 e. The van der Waals surface area contributed by atoms with Crippen LogP contribution < -0.4 is 10.6 Å². The normalized spacial score (nSPS) is 22.9. The Hall–Kier alpha value is -3.20. The second-order valence-electron chi connectivity index (χ2n) is 10.3. The first-order valence-corrected chi connectivity index (χ1v) is 15.6. The van der Waals surface area contributed by atoms with E-state index < -0.39 is 31.8 Å². The van der Waals surface area contributed by atoms with Crippen LogP contribution in [-0.4, -0.2) is 61.8 Å². The van der Waals surface area contributed by atoms with E-state index in [4.69, 9.17) is 13.8 Å². The molecule has 41 heavy (non-hydrogen) atoms. The second kappa shape index (κ2) is 14.6. The van der Waals surface area contributed by atoms with Gasteiger partial charge in [0.25, 0.3) is 0 Å². The fourth-order valence-electron chi connectivity index (χ4n) is 5.69. The van der Waals surface area contributed by atoms with Crippen molar-refractivity contribution in [3.63, 3.8) is 0 Å². The number of carbonyl (C=O) groups excluding carboxylic acids is 3. The van der Waals surface area contributed by atoms with Crippen molar-refractivity contribution in [2.75, 3.05) is 20.8 Å². The maximum Gasteiger partial charge on any atom is 0.410 e. The van der Waals surface area contributed by atoms with Gasteiger partial charge in [-0.3, -0.25) is 14.2 Å². The number of methoxy groups -OCH3 is 1. The van der Waals surface area contributed by atoms with Crippen molar-refractivity contribution in [2.24, 2.45) is 5.92 Å². The fourth-order valence-corrected chi connectivity index (χ4v) is 7.22. The Morgan fingerprint density at radius 1 is 0.951 bits per heavy atom. The average Bonchev–Trinajstić information content (AvgIpc) is 3.32. The summed E-state index contributed by atoms with van der Waals surface area (Å²) in [5.41, 5.74) is 0.872. The molecule has 2 amide bonds. The maximum absolute atomic E-state index is 13.8. The number of carbonyl (C=O) groups is 3. The minimum atomic E-state index is -3.73. The Morgan fingerprint density at radius 2 is 1.66 bits per heavy atom. The predicted octanol–water partition coefficient (Wildman–Crippen LogP) is 4.58. The molecular formula is C30H39N2O8P. The second-order valence-corrected chi connectivity index (χ2v) is 12.4. The average molecular weight is 587 g/mol. The summed E-state index contributed by atoms with van der Waals surface area (Å²) in [6.07, 6.45) is 2.84. The van der Waals surface area contributed by atoms with Crippen LogP contribution in [0.1, 0.15) is 50.5 Å². The number of hydrogen-bond acceptors (Lipinski definition) is 8. The Balaban J connectivity index is 1.48. The lowest BCUT2D eigenvalue weighted by molar-refractivity contribution is -0.140. The van der Waals surface area contributed by atoms with E-state index in [1.807, 2.05) is 36.4 Å². The van der Waals surface area contributed by atoms with Crippen LogP contribution >= 0.6 is 7.60 Å². The highest BCUT2D eigenvalue weighted by atomic mass is 31.2. The summed E-state index contributed by atoms with van der Waals surface area (Å²) in [6, 6.07) is 17.4. The third kappa shape index (κ3) is 7.76. The number of esters is 1. The monoisotopic (exact) mass is 586 g/mol. The predicted molar refractivity (Wildman–Crippen MR) is 152 cm³/mol. The Bertz CT molecular complexity index is 1210. The zero-order valence-electron chi connectivity index (χ0n) is 23.6. The first-order valence-electron chi connectivity index (χ1n) is 14.1. The SMILES string of the molecule is COC(=O)CCCCCNC(=O)[C@H]1[C@@H](OP(=O)(OC)c2ccccc2)C[C@@H]2CC[C@H]1N2C(=O)OCc1ccccc1. The van der Waals surface area contributed by atoms with Crippen LogP contribution in [0, 0.1) is 5.92 Å². The van der Waals surface area contributed by atoms with E-state index in [9.17, 15) is 18.9 Å². The van der Waals surface area contributed by atoms with Crippen LogP contribution in [0.2, 0.25) is 0 Å². The molecule has 1 unspecified atom stereocenters. The third-order valence-corrected chi connectivity index (χ3v) is 9.72. The number of ether oxygens (including phenoxy) is 2. The van der Waals surface area contributed by atoms with Gasteiger partial charge in [0.2, 0.25) is 5.91 Å². The lowest BCUT2D eigenvalue weighted by atomic mass is 9.87. The van der Waals surface area contributed by atoms with Gasteiger partial charge in [0.1, 0.15) is 6.61 Å². The summed E-state index contributed by atoms with van der Waals surface area (Å²) >= 11 is 0. The van der Waals surface area contributed by atoms with Crippen LogP contribution in [0.5, 0.6) is 0 Å². The van der Waals surface area contributed by atoms with Gasteiger partial charge in [-0.05, 0) is 49.8 Å². The van der Waals surface area contributed by atoms with E-state index in [0.29, 0.717) is 50.4 Å². The number of rotatable bonds is 13. The molecule has 0 aliphatic carbocycles. The first-order chi connectivity index (χ1) is 19.9. The molecule has 1 N–H and O–H groups in total. The Labute approximate surface area is 241 Å². The fraction of sp³-hybridized carbons (Fsp3) is 0.500. The van der Waals surface area contributed by atoms with E-state index in [1.54, 1.807) is 29.2 Å². The maximum atomic E-state index is 13.8. The van der Waals surface area contributed by atoms with Gasteiger partial charge in [0, 0.05) is 32.2 Å². The van der Waals surface area contributed by atoms with Gasteiger partial charge in [-0.1, -0.05) is 55.0 Å². The summed E-state index contributed by atoms with van der Waals surface area (Å²) in [6.45, 7) is 0.531. The van der Waals surface area contributed by atoms with Gasteiger partial charge in [-0.25, -0.2) is 4.79 Å². The van der Waals surface area contributed by atoms with Crippen molar-refractivity contribution >= 4 is 30.9 Å². The number of nitrogens with one attached hydrogen (secondary N) is 1. The van der Waals surface area contributed by atoms with Gasteiger partial charge in [-0.2, -0.15) is 0 Å². The van der Waals surface area contributed by atoms with Gasteiger partial charge in [-0.15, -0.1) is 0 Å². The summed E-state index contributed by atoms with van der Waals surface area (Å²) in [7, 11) is -1.04. The van der Waals surface area contributed by atoms with Crippen molar-refractivity contribution in [1.82, 2.24) is 10.2 Å². The topological polar surface area (TPSA) is 120 Å². The molecule has 2 aromatic carbocycles. The van der Waals surface area contributed by atoms with Crippen molar-refractivity contribution < 1.29 is 37.5 Å². The Kier molecular flexibility index (Phi) is 11.0. The standard InChI is InChI=1S/C30H39N2O8P/c1-37-27(33)16-10-5-11-19-31-29(34)28-25-18-17-23(32(25)30(35)39-21-22-12-6-3-7-13-22)20-26(28)40-41(36,38-2)24-14-8-4-9-15-24/h3-4,6-9,12-15,23,25-26,28H,5,10-11,16-21H2,1-2H3,(H,31,34)/t23-,25+,26-,28+,41?/m0/s1. The molecule has 2 heterocycles. The molecule has 2 aromatic rings. The third-order valence-electron chi connectivity index (χ3n) is 7.76. The molecule has 2 aliphatic heterocycles. The zero-order chi connectivity index (χ0) is 29.2. The molecule has 0 spiro atoms. The molecule has 222 valence electrons. The lowest BCUT2D eigenvalue weighted by Gasteiger charge is -2.43. The number of unbranched alkanes of at least 4 members (excludes halogenated alkanes) is 2. The molecule has 2 saturated heterocycles. The first kappa shape index (κ1) is 30.8. The van der Waals surface area contributed by atoms with E-state index >= 15 is 0 Å². The minimum Gasteiger partial charge on any atom is -0.469 e. The van der Waals surface area contributed by atoms with E-state index in [1.165, 1.54) is 14.2 Å². The smallest absolute Gasteiger partial charge is 0.410 e. The number of benzene rings is 2. The highest BCUT2D eigenvalue weighted by molar-refractivity contribution is 7.62. The van der Waals surface area contributed by atoms with Crippen molar-refractivity contribution in [2.45, 2.75) is 69.7 Å². The molecule has 10 nitrogen and oxygen atoms in total. The molecule has 11 heteroatoms. The summed E-state index contributed by atoms with van der Waals surface area (Å²) in [5.74, 6) is -1.29. The minimum absolute atomic E-state index is 0.130. The van der Waals surface area contributed by atoms with Gasteiger partial charge >= 0.3 is 19.7 Å². The van der Waals surface area contributed by atoms with E-state index in [-0.39, 0.29) is 24.5 Å². The molecule has 4 rings (SSSR count). The highest BCUT2D eigenvalue weighted by Gasteiger charge is 2.54. The quantitative estimate of drug-likeness (QED) is 0.206. The van der Waals surface area contributed by atoms with Crippen molar-refractivity contribution in [1.29, 1.82) is 0 Å². The van der Waals surface area contributed by atoms with Crippen molar-refractivity contribution in [3.05, 3.63) is 66.2 Å². The summed E-state index contributed by atoms with van der Waals surface area (Å²) < 4.78 is 35.8. The number of nitrogens with zero attached hydrogens (tertiary/aromatic N) is 1. The molecule has 2 fully saturated rings. The molecule has 0 aromatic heterocycles. The summed E-state index contributed by atoms with van der Waals surface area (Å²) in [4.78, 5) is 40.0. The van der Waals surface area contributed by atoms with Gasteiger partial charge in [0.15, 0.2) is 0 Å². The Morgan fingerprint density at radius 3 is 2.34 bits per heavy atom. The number of piperidine rings is 1. The zero-order valence-corrected chi connectivity index (χ0v) is 24.5. The van der Waals surface area contributed by atoms with Crippen LogP contribution in [0.3, 0.4) is 0 Å². The van der Waals surface area contributed by atoms with Crippen LogP contribution in [0.15, 0.2) is 60.7 Å². The number of fused-ring (bicyclic) bond motifs is 2. The van der Waals surface area contributed by atoms with Crippen LogP contribution in [0.4, 0.5) is 4.79 Å². The summed E-state index contributed by atoms with van der Waals surface area (Å²) in [5, 5.41) is 3.39. The van der Waals surface area contributed by atoms with Crippen molar-refractivity contribution in [3.8, 4) is 0 Å².